The molecule has 2 aromatic heterocycles. The van der Waals surface area contributed by atoms with Gasteiger partial charge in [-0.05, 0) is 38.2 Å². The zero-order valence-corrected chi connectivity index (χ0v) is 18.6. The molecule has 2 aliphatic heterocycles. The van der Waals surface area contributed by atoms with Gasteiger partial charge in [0.2, 0.25) is 5.91 Å². The quantitative estimate of drug-likeness (QED) is 0.706. The van der Waals surface area contributed by atoms with Gasteiger partial charge in [-0.1, -0.05) is 19.3 Å². The Hall–Kier alpha value is -2.22. The molecular weight excluding hydrogens is 398 g/mol. The van der Waals surface area contributed by atoms with Gasteiger partial charge in [0, 0.05) is 39.1 Å². The van der Waals surface area contributed by atoms with E-state index in [1.165, 1.54) is 30.6 Å². The molecule has 162 valence electrons. The first-order valence-corrected chi connectivity index (χ1v) is 12.0. The molecule has 0 unspecified atom stereocenters. The van der Waals surface area contributed by atoms with Crippen molar-refractivity contribution in [1.82, 2.24) is 19.8 Å². The molecule has 7 nitrogen and oxygen atoms in total. The average molecular weight is 430 g/mol. The van der Waals surface area contributed by atoms with Crippen molar-refractivity contribution >= 4 is 39.2 Å². The molecule has 2 aliphatic rings. The van der Waals surface area contributed by atoms with Gasteiger partial charge >= 0.3 is 0 Å². The van der Waals surface area contributed by atoms with Crippen LogP contribution in [0.1, 0.15) is 66.6 Å². The van der Waals surface area contributed by atoms with E-state index in [0.717, 1.165) is 84.9 Å². The number of carbonyl (C=O) groups excluding carboxylic acids is 2. The molecule has 2 aromatic rings. The van der Waals surface area contributed by atoms with Gasteiger partial charge in [-0.25, -0.2) is 9.97 Å². The molecule has 0 aliphatic carbocycles. The molecular formula is C22H31N5O2S. The highest BCUT2D eigenvalue weighted by atomic mass is 32.1. The maximum absolute atomic E-state index is 13.2. The fourth-order valence-electron chi connectivity index (χ4n) is 4.42. The van der Waals surface area contributed by atoms with E-state index in [1.54, 1.807) is 6.33 Å². The lowest BCUT2D eigenvalue weighted by Crippen LogP contribution is -2.33. The molecule has 4 heterocycles. The number of nitrogens with one attached hydrogen (secondary N) is 1. The van der Waals surface area contributed by atoms with Crippen LogP contribution in [0.3, 0.4) is 0 Å². The van der Waals surface area contributed by atoms with Crippen molar-refractivity contribution in [2.45, 2.75) is 58.3 Å². The predicted molar refractivity (Wildman–Crippen MR) is 120 cm³/mol. The third-order valence-electron chi connectivity index (χ3n) is 6.13. The van der Waals surface area contributed by atoms with Crippen molar-refractivity contribution in [3.05, 3.63) is 16.8 Å². The van der Waals surface area contributed by atoms with Crippen LogP contribution >= 0.6 is 11.3 Å². The predicted octanol–water partition coefficient (Wildman–Crippen LogP) is 3.83. The first kappa shape index (κ1) is 21.0. The highest BCUT2D eigenvalue weighted by Gasteiger charge is 2.24. The lowest BCUT2D eigenvalue weighted by Gasteiger charge is -2.24. The van der Waals surface area contributed by atoms with E-state index in [-0.39, 0.29) is 11.8 Å². The highest BCUT2D eigenvalue weighted by molar-refractivity contribution is 7.20. The maximum atomic E-state index is 13.2. The number of thiophene rings is 1. The van der Waals surface area contributed by atoms with E-state index in [9.17, 15) is 9.59 Å². The zero-order chi connectivity index (χ0) is 20.9. The van der Waals surface area contributed by atoms with Gasteiger partial charge in [0.15, 0.2) is 0 Å². The van der Waals surface area contributed by atoms with Gasteiger partial charge in [0.25, 0.3) is 5.91 Å². The molecule has 0 saturated carbocycles. The van der Waals surface area contributed by atoms with Gasteiger partial charge in [-0.3, -0.25) is 9.59 Å². The second-order valence-electron chi connectivity index (χ2n) is 8.28. The lowest BCUT2D eigenvalue weighted by atomic mass is 10.1. The van der Waals surface area contributed by atoms with Crippen LogP contribution in [0, 0.1) is 6.92 Å². The molecule has 0 radical (unpaired) electrons. The van der Waals surface area contributed by atoms with Crippen molar-refractivity contribution in [2.24, 2.45) is 0 Å². The number of hydrogen-bond donors (Lipinski definition) is 1. The summed E-state index contributed by atoms with van der Waals surface area (Å²) in [4.78, 5) is 39.5. The highest BCUT2D eigenvalue weighted by Crippen LogP contribution is 2.34. The van der Waals surface area contributed by atoms with Crippen molar-refractivity contribution in [1.29, 1.82) is 0 Å². The number of amides is 2. The Morgan fingerprint density at radius 3 is 2.60 bits per heavy atom. The third-order valence-corrected chi connectivity index (χ3v) is 7.32. The molecule has 1 N–H and O–H groups in total. The first-order valence-electron chi connectivity index (χ1n) is 11.2. The van der Waals surface area contributed by atoms with Gasteiger partial charge < -0.3 is 15.1 Å². The largest absolute Gasteiger partial charge is 0.369 e. The number of anilines is 1. The van der Waals surface area contributed by atoms with Crippen LogP contribution in [0.2, 0.25) is 0 Å². The summed E-state index contributed by atoms with van der Waals surface area (Å²) in [6.45, 7) is 6.09. The summed E-state index contributed by atoms with van der Waals surface area (Å²) in [5.41, 5.74) is 0.972. The summed E-state index contributed by atoms with van der Waals surface area (Å²) < 4.78 is 0. The molecule has 30 heavy (non-hydrogen) atoms. The maximum Gasteiger partial charge on any atom is 0.264 e. The summed E-state index contributed by atoms with van der Waals surface area (Å²) in [7, 11) is 0. The Morgan fingerprint density at radius 1 is 1.10 bits per heavy atom. The number of carbonyl (C=O) groups is 2. The fraction of sp³-hybridized carbons (Fsp3) is 0.636. The summed E-state index contributed by atoms with van der Waals surface area (Å²) in [5, 5.41) is 4.36. The second kappa shape index (κ2) is 9.73. The van der Waals surface area contributed by atoms with Crippen molar-refractivity contribution in [3.8, 4) is 0 Å². The molecule has 0 bridgehead atoms. The van der Waals surface area contributed by atoms with E-state index in [2.05, 4.69) is 15.3 Å². The molecule has 2 amide bonds. The minimum Gasteiger partial charge on any atom is -0.369 e. The Labute approximate surface area is 181 Å². The van der Waals surface area contributed by atoms with Crippen LogP contribution in [0.5, 0.6) is 0 Å². The standard InChI is InChI=1S/C22H31N5O2S/c1-16-18-20(23-10-8-14-26-13-7-9-17(26)28)24-15-25-21(18)30-19(16)22(29)27-11-5-3-2-4-6-12-27/h15H,2-14H2,1H3,(H,23,24,25). The van der Waals surface area contributed by atoms with E-state index >= 15 is 0 Å². The van der Waals surface area contributed by atoms with Crippen LogP contribution in [0.4, 0.5) is 5.82 Å². The van der Waals surface area contributed by atoms with Gasteiger partial charge in [0.1, 0.15) is 17.0 Å². The summed E-state index contributed by atoms with van der Waals surface area (Å²) in [6.07, 6.45) is 9.96. The summed E-state index contributed by atoms with van der Waals surface area (Å²) in [6, 6.07) is 0. The molecule has 0 spiro atoms. The van der Waals surface area contributed by atoms with E-state index < -0.39 is 0 Å². The smallest absolute Gasteiger partial charge is 0.264 e. The van der Waals surface area contributed by atoms with Crippen molar-refractivity contribution < 1.29 is 9.59 Å². The van der Waals surface area contributed by atoms with Crippen LogP contribution in [0.25, 0.3) is 10.2 Å². The Morgan fingerprint density at radius 2 is 1.87 bits per heavy atom. The molecule has 2 saturated heterocycles. The number of likely N-dealkylation sites (tertiary alicyclic amines) is 2. The number of nitrogens with zero attached hydrogens (tertiary/aromatic N) is 4. The molecule has 8 heteroatoms. The monoisotopic (exact) mass is 429 g/mol. The SMILES string of the molecule is Cc1c(C(=O)N2CCCCCCC2)sc2ncnc(NCCCN3CCCC3=O)c12. The van der Waals surface area contributed by atoms with Gasteiger partial charge in [0.05, 0.1) is 10.3 Å². The Balaban J connectivity index is 1.45. The Kier molecular flexibility index (Phi) is 6.82. The molecule has 0 aromatic carbocycles. The lowest BCUT2D eigenvalue weighted by molar-refractivity contribution is -0.127. The van der Waals surface area contributed by atoms with Crippen LogP contribution < -0.4 is 5.32 Å². The first-order chi connectivity index (χ1) is 14.6. The number of aromatic nitrogens is 2. The van der Waals surface area contributed by atoms with E-state index in [4.69, 9.17) is 0 Å². The minimum atomic E-state index is 0.135. The van der Waals surface area contributed by atoms with Crippen LogP contribution in [-0.4, -0.2) is 64.3 Å². The number of aryl methyl sites for hydroxylation is 1. The second-order valence-corrected chi connectivity index (χ2v) is 9.28. The number of fused-ring (bicyclic) bond motifs is 1. The topological polar surface area (TPSA) is 78.4 Å². The summed E-state index contributed by atoms with van der Waals surface area (Å²) in [5.74, 6) is 1.18. The van der Waals surface area contributed by atoms with Crippen LogP contribution in [-0.2, 0) is 4.79 Å². The minimum absolute atomic E-state index is 0.135. The fourth-order valence-corrected chi connectivity index (χ4v) is 5.54. The normalized spacial score (nSPS) is 18.0. The van der Waals surface area contributed by atoms with Crippen molar-refractivity contribution in [3.63, 3.8) is 0 Å². The van der Waals surface area contributed by atoms with Gasteiger partial charge in [-0.15, -0.1) is 11.3 Å². The molecule has 0 atom stereocenters. The van der Waals surface area contributed by atoms with E-state index in [0.29, 0.717) is 6.42 Å². The molecule has 2 fully saturated rings. The van der Waals surface area contributed by atoms with Crippen LogP contribution in [0.15, 0.2) is 6.33 Å². The third kappa shape index (κ3) is 4.58. The molecule has 4 rings (SSSR count). The number of hydrogen-bond acceptors (Lipinski definition) is 6. The van der Waals surface area contributed by atoms with Gasteiger partial charge in [-0.2, -0.15) is 0 Å². The van der Waals surface area contributed by atoms with Crippen molar-refractivity contribution in [2.75, 3.05) is 38.0 Å². The average Bonchev–Trinajstić information content (AvgIpc) is 3.28. The zero-order valence-electron chi connectivity index (χ0n) is 17.8. The Bertz CT molecular complexity index is 904. The summed E-state index contributed by atoms with van der Waals surface area (Å²) >= 11 is 1.48. The number of rotatable bonds is 6. The van der Waals surface area contributed by atoms with E-state index in [1.807, 2.05) is 16.7 Å².